The van der Waals surface area contributed by atoms with Gasteiger partial charge in [0.1, 0.15) is 5.82 Å². The Morgan fingerprint density at radius 3 is 2.63 bits per heavy atom. The molecule has 3 rings (SSSR count). The van der Waals surface area contributed by atoms with Gasteiger partial charge in [0, 0.05) is 16.8 Å². The van der Waals surface area contributed by atoms with Gasteiger partial charge in [0.2, 0.25) is 15.9 Å². The highest BCUT2D eigenvalue weighted by molar-refractivity contribution is 7.89. The molecule has 2 N–H and O–H groups in total. The van der Waals surface area contributed by atoms with Crippen LogP contribution in [0.2, 0.25) is 0 Å². The second-order valence-electron chi connectivity index (χ2n) is 6.98. The molecule has 0 atom stereocenters. The first-order chi connectivity index (χ1) is 12.8. The number of benzene rings is 1. The minimum atomic E-state index is -3.87. The number of sulfonamides is 1. The smallest absolute Gasteiger partial charge is 0.241 e. The third-order valence-corrected chi connectivity index (χ3v) is 7.61. The van der Waals surface area contributed by atoms with E-state index in [1.807, 2.05) is 11.4 Å². The number of hydrogen-bond acceptors (Lipinski definition) is 4. The van der Waals surface area contributed by atoms with Gasteiger partial charge in [0.25, 0.3) is 0 Å². The van der Waals surface area contributed by atoms with E-state index in [1.165, 1.54) is 23.9 Å². The maximum atomic E-state index is 13.3. The molecular formula is C19H23FN2O3S2. The molecule has 1 aliphatic carbocycles. The van der Waals surface area contributed by atoms with Gasteiger partial charge < -0.3 is 5.32 Å². The Hall–Kier alpha value is -1.77. The largest absolute Gasteiger partial charge is 0.354 e. The zero-order valence-corrected chi connectivity index (χ0v) is 16.8. The van der Waals surface area contributed by atoms with E-state index in [0.717, 1.165) is 31.7 Å². The first-order valence-corrected chi connectivity index (χ1v) is 11.3. The maximum absolute atomic E-state index is 13.3. The summed E-state index contributed by atoms with van der Waals surface area (Å²) in [6.45, 7) is 1.65. The average molecular weight is 411 g/mol. The minimum Gasteiger partial charge on any atom is -0.354 e. The third kappa shape index (κ3) is 4.56. The molecule has 2 aromatic rings. The van der Waals surface area contributed by atoms with Crippen molar-refractivity contribution in [2.45, 2.75) is 42.9 Å². The van der Waals surface area contributed by atoms with E-state index in [1.54, 1.807) is 11.3 Å². The van der Waals surface area contributed by atoms with Crippen LogP contribution in [0.5, 0.6) is 0 Å². The van der Waals surface area contributed by atoms with E-state index in [4.69, 9.17) is 0 Å². The van der Waals surface area contributed by atoms with Crippen molar-refractivity contribution < 1.29 is 17.6 Å². The zero-order chi connectivity index (χ0) is 19.5. The summed E-state index contributed by atoms with van der Waals surface area (Å²) >= 11 is 1.69. The number of halogens is 1. The lowest BCUT2D eigenvalue weighted by atomic mass is 9.84. The van der Waals surface area contributed by atoms with Crippen molar-refractivity contribution >= 4 is 27.3 Å². The fourth-order valence-electron chi connectivity index (χ4n) is 3.50. The van der Waals surface area contributed by atoms with E-state index in [2.05, 4.69) is 16.1 Å². The normalized spacial score (nSPS) is 16.4. The molecule has 1 aliphatic rings. The molecule has 146 valence electrons. The number of thiophene rings is 1. The van der Waals surface area contributed by atoms with Crippen molar-refractivity contribution in [3.05, 3.63) is 52.0 Å². The van der Waals surface area contributed by atoms with Crippen molar-refractivity contribution in [1.82, 2.24) is 10.0 Å². The SMILES string of the molecule is Cc1cc(S(=O)(=O)NCC(=O)NCC2(c3cccs3)CCCC2)ccc1F. The number of amides is 1. The fourth-order valence-corrected chi connectivity index (χ4v) is 5.55. The van der Waals surface area contributed by atoms with Crippen LogP contribution in [0.1, 0.15) is 36.1 Å². The quantitative estimate of drug-likeness (QED) is 0.737. The summed E-state index contributed by atoms with van der Waals surface area (Å²) in [5, 5.41) is 4.92. The van der Waals surface area contributed by atoms with Gasteiger partial charge in [-0.15, -0.1) is 11.3 Å². The minimum absolute atomic E-state index is 0.0449. The lowest BCUT2D eigenvalue weighted by molar-refractivity contribution is -0.120. The number of aryl methyl sites for hydroxylation is 1. The van der Waals surface area contributed by atoms with Gasteiger partial charge in [-0.1, -0.05) is 18.9 Å². The van der Waals surface area contributed by atoms with E-state index in [-0.39, 0.29) is 28.3 Å². The molecule has 1 aromatic heterocycles. The van der Waals surface area contributed by atoms with Crippen molar-refractivity contribution in [2.75, 3.05) is 13.1 Å². The highest BCUT2D eigenvalue weighted by Crippen LogP contribution is 2.42. The van der Waals surface area contributed by atoms with E-state index < -0.39 is 15.8 Å². The Morgan fingerprint density at radius 2 is 2.00 bits per heavy atom. The molecule has 0 bridgehead atoms. The van der Waals surface area contributed by atoms with E-state index in [9.17, 15) is 17.6 Å². The summed E-state index contributed by atoms with van der Waals surface area (Å²) in [4.78, 5) is 13.4. The van der Waals surface area contributed by atoms with Crippen LogP contribution in [-0.2, 0) is 20.2 Å². The molecule has 1 heterocycles. The lowest BCUT2D eigenvalue weighted by Crippen LogP contribution is -2.43. The second-order valence-corrected chi connectivity index (χ2v) is 9.69. The molecule has 27 heavy (non-hydrogen) atoms. The maximum Gasteiger partial charge on any atom is 0.241 e. The summed E-state index contributed by atoms with van der Waals surface area (Å²) < 4.78 is 40.2. The summed E-state index contributed by atoms with van der Waals surface area (Å²) in [6, 6.07) is 7.66. The Bertz CT molecular complexity index is 905. The van der Waals surface area contributed by atoms with E-state index in [0.29, 0.717) is 6.54 Å². The molecule has 1 amide bonds. The van der Waals surface area contributed by atoms with Crippen LogP contribution in [0, 0.1) is 12.7 Å². The van der Waals surface area contributed by atoms with Crippen LogP contribution >= 0.6 is 11.3 Å². The van der Waals surface area contributed by atoms with Crippen molar-refractivity contribution in [2.24, 2.45) is 0 Å². The van der Waals surface area contributed by atoms with Gasteiger partial charge in [-0.2, -0.15) is 0 Å². The fraction of sp³-hybridized carbons (Fsp3) is 0.421. The van der Waals surface area contributed by atoms with Crippen LogP contribution in [0.3, 0.4) is 0 Å². The van der Waals surface area contributed by atoms with Crippen LogP contribution in [0.15, 0.2) is 40.6 Å². The van der Waals surface area contributed by atoms with E-state index >= 15 is 0 Å². The van der Waals surface area contributed by atoms with Crippen LogP contribution in [0.25, 0.3) is 0 Å². The first-order valence-electron chi connectivity index (χ1n) is 8.89. The van der Waals surface area contributed by atoms with Gasteiger partial charge >= 0.3 is 0 Å². The topological polar surface area (TPSA) is 75.3 Å². The molecule has 5 nitrogen and oxygen atoms in total. The molecule has 1 fully saturated rings. The lowest BCUT2D eigenvalue weighted by Gasteiger charge is -2.28. The summed E-state index contributed by atoms with van der Waals surface area (Å²) in [5.74, 6) is -0.845. The first kappa shape index (κ1) is 20.0. The van der Waals surface area contributed by atoms with Crippen molar-refractivity contribution in [1.29, 1.82) is 0 Å². The Morgan fingerprint density at radius 1 is 1.26 bits per heavy atom. The molecule has 0 saturated heterocycles. The summed E-state index contributed by atoms with van der Waals surface area (Å²) in [6.07, 6.45) is 4.30. The molecule has 0 radical (unpaired) electrons. The molecule has 1 saturated carbocycles. The summed E-state index contributed by atoms with van der Waals surface area (Å²) in [5.41, 5.74) is 0.193. The highest BCUT2D eigenvalue weighted by atomic mass is 32.2. The molecular weight excluding hydrogens is 387 g/mol. The van der Waals surface area contributed by atoms with Crippen LogP contribution in [-0.4, -0.2) is 27.4 Å². The van der Waals surface area contributed by atoms with Crippen molar-refractivity contribution in [3.63, 3.8) is 0 Å². The standard InChI is InChI=1S/C19H23FN2O3S2/c1-14-11-15(6-7-16(14)20)27(24,25)22-12-18(23)21-13-19(8-2-3-9-19)17-5-4-10-26-17/h4-7,10-11,22H,2-3,8-9,12-13H2,1H3,(H,21,23). The molecule has 0 aliphatic heterocycles. The van der Waals surface area contributed by atoms with Crippen molar-refractivity contribution in [3.8, 4) is 0 Å². The van der Waals surface area contributed by atoms with Gasteiger partial charge in [-0.05, 0) is 55.0 Å². The number of rotatable bonds is 7. The molecule has 0 unspecified atom stereocenters. The highest BCUT2D eigenvalue weighted by Gasteiger charge is 2.36. The van der Waals surface area contributed by atoms with Gasteiger partial charge in [-0.3, -0.25) is 4.79 Å². The monoisotopic (exact) mass is 410 g/mol. The third-order valence-electron chi connectivity index (χ3n) is 5.09. The number of carbonyl (C=O) groups is 1. The molecule has 1 aromatic carbocycles. The molecule has 0 spiro atoms. The number of hydrogen-bond donors (Lipinski definition) is 2. The number of nitrogens with one attached hydrogen (secondary N) is 2. The van der Waals surface area contributed by atoms with Gasteiger partial charge in [0.05, 0.1) is 11.4 Å². The Kier molecular flexibility index (Phi) is 5.98. The zero-order valence-electron chi connectivity index (χ0n) is 15.1. The number of carbonyl (C=O) groups excluding carboxylic acids is 1. The predicted molar refractivity (Wildman–Crippen MR) is 104 cm³/mol. The average Bonchev–Trinajstić information content (AvgIpc) is 3.33. The summed E-state index contributed by atoms with van der Waals surface area (Å²) in [7, 11) is -3.87. The Labute approximate surface area is 163 Å². The molecule has 8 heteroatoms. The predicted octanol–water partition coefficient (Wildman–Crippen LogP) is 3.10. The van der Waals surface area contributed by atoms with Gasteiger partial charge in [-0.25, -0.2) is 17.5 Å². The second kappa shape index (κ2) is 8.08. The van der Waals surface area contributed by atoms with Crippen LogP contribution in [0.4, 0.5) is 4.39 Å². The Balaban J connectivity index is 1.58. The van der Waals surface area contributed by atoms with Gasteiger partial charge in [0.15, 0.2) is 0 Å². The van der Waals surface area contributed by atoms with Crippen LogP contribution < -0.4 is 10.0 Å².